The van der Waals surface area contributed by atoms with Crippen LogP contribution in [0, 0.1) is 16.0 Å². The van der Waals surface area contributed by atoms with Crippen LogP contribution in [-0.2, 0) is 4.79 Å². The molecule has 0 amide bonds. The summed E-state index contributed by atoms with van der Waals surface area (Å²) in [6, 6.07) is 2.83. The number of fused-ring (bicyclic) bond motifs is 1. The Morgan fingerprint density at radius 2 is 2.00 bits per heavy atom. The van der Waals surface area contributed by atoms with Crippen molar-refractivity contribution in [3.63, 3.8) is 0 Å². The van der Waals surface area contributed by atoms with Crippen molar-refractivity contribution < 1.29 is 24.3 Å². The minimum absolute atomic E-state index is 0.140. The summed E-state index contributed by atoms with van der Waals surface area (Å²) in [5.41, 5.74) is 0.164. The van der Waals surface area contributed by atoms with E-state index in [0.29, 0.717) is 30.4 Å². The van der Waals surface area contributed by atoms with Crippen LogP contribution >= 0.6 is 0 Å². The maximum absolute atomic E-state index is 11.2. The SMILES string of the molecule is CC(CN(C)c1cc2c(cc1[N+](=O)[O-])OCCO2)C(=O)O. The maximum atomic E-state index is 11.2. The van der Waals surface area contributed by atoms with E-state index in [1.165, 1.54) is 17.0 Å². The average molecular weight is 296 g/mol. The molecule has 0 saturated carbocycles. The second-order valence-corrected chi connectivity index (χ2v) is 4.86. The molecule has 1 aromatic carbocycles. The number of carboxylic acids is 1. The Labute approximate surface area is 121 Å². The van der Waals surface area contributed by atoms with Gasteiger partial charge in [0.1, 0.15) is 18.9 Å². The topological polar surface area (TPSA) is 102 Å². The van der Waals surface area contributed by atoms with Crippen molar-refractivity contribution in [1.82, 2.24) is 0 Å². The van der Waals surface area contributed by atoms with Crippen LogP contribution in [0.1, 0.15) is 6.92 Å². The van der Waals surface area contributed by atoms with Gasteiger partial charge in [0.25, 0.3) is 5.69 Å². The van der Waals surface area contributed by atoms with Gasteiger partial charge in [0.15, 0.2) is 11.5 Å². The van der Waals surface area contributed by atoms with Crippen LogP contribution in [0.5, 0.6) is 11.5 Å². The fourth-order valence-corrected chi connectivity index (χ4v) is 2.11. The fourth-order valence-electron chi connectivity index (χ4n) is 2.11. The second-order valence-electron chi connectivity index (χ2n) is 4.86. The monoisotopic (exact) mass is 296 g/mol. The third-order valence-corrected chi connectivity index (χ3v) is 3.22. The van der Waals surface area contributed by atoms with Gasteiger partial charge in [-0.15, -0.1) is 0 Å². The number of aliphatic carboxylic acids is 1. The molecule has 0 saturated heterocycles. The number of hydrogen-bond donors (Lipinski definition) is 1. The molecule has 0 radical (unpaired) electrons. The quantitative estimate of drug-likeness (QED) is 0.649. The van der Waals surface area contributed by atoms with Gasteiger partial charge < -0.3 is 19.5 Å². The minimum Gasteiger partial charge on any atom is -0.486 e. The van der Waals surface area contributed by atoms with Gasteiger partial charge in [0, 0.05) is 19.7 Å². The molecule has 0 bridgehead atoms. The average Bonchev–Trinajstić information content (AvgIpc) is 2.45. The minimum atomic E-state index is -0.956. The Morgan fingerprint density at radius 3 is 2.52 bits per heavy atom. The van der Waals surface area contributed by atoms with Crippen molar-refractivity contribution >= 4 is 17.3 Å². The van der Waals surface area contributed by atoms with E-state index in [-0.39, 0.29) is 12.2 Å². The van der Waals surface area contributed by atoms with Gasteiger partial charge in [-0.1, -0.05) is 6.92 Å². The van der Waals surface area contributed by atoms with E-state index >= 15 is 0 Å². The first-order valence-corrected chi connectivity index (χ1v) is 6.42. The second kappa shape index (κ2) is 5.86. The molecule has 0 spiro atoms. The zero-order chi connectivity index (χ0) is 15.6. The number of rotatable bonds is 5. The van der Waals surface area contributed by atoms with Gasteiger partial charge in [0.2, 0.25) is 0 Å². The molecule has 114 valence electrons. The molecule has 0 fully saturated rings. The van der Waals surface area contributed by atoms with Crippen molar-refractivity contribution in [3.8, 4) is 11.5 Å². The molecule has 1 aliphatic heterocycles. The summed E-state index contributed by atoms with van der Waals surface area (Å²) in [5, 5.41) is 20.1. The maximum Gasteiger partial charge on any atom is 0.308 e. The van der Waals surface area contributed by atoms with Crippen LogP contribution in [0.2, 0.25) is 0 Å². The summed E-state index contributed by atoms with van der Waals surface area (Å²) in [4.78, 5) is 23.1. The lowest BCUT2D eigenvalue weighted by atomic mass is 10.1. The van der Waals surface area contributed by atoms with E-state index in [0.717, 1.165) is 0 Å². The highest BCUT2D eigenvalue weighted by Crippen LogP contribution is 2.40. The normalized spacial score (nSPS) is 14.4. The van der Waals surface area contributed by atoms with E-state index in [4.69, 9.17) is 14.6 Å². The molecule has 0 aliphatic carbocycles. The number of ether oxygens (including phenoxy) is 2. The summed E-state index contributed by atoms with van der Waals surface area (Å²) < 4.78 is 10.7. The van der Waals surface area contributed by atoms with E-state index in [9.17, 15) is 14.9 Å². The standard InChI is InChI=1S/C13H16N2O6/c1-8(13(16)17)7-14(2)9-5-11-12(21-4-3-20-11)6-10(9)15(18)19/h5-6,8H,3-4,7H2,1-2H3,(H,16,17). The zero-order valence-corrected chi connectivity index (χ0v) is 11.7. The van der Waals surface area contributed by atoms with Crippen molar-refractivity contribution in [2.75, 3.05) is 31.7 Å². The third-order valence-electron chi connectivity index (χ3n) is 3.22. The van der Waals surface area contributed by atoms with Crippen molar-refractivity contribution in [3.05, 3.63) is 22.2 Å². The first kappa shape index (κ1) is 14.9. The molecular weight excluding hydrogens is 280 g/mol. The van der Waals surface area contributed by atoms with Crippen molar-refractivity contribution in [2.24, 2.45) is 5.92 Å². The van der Waals surface area contributed by atoms with Gasteiger partial charge in [-0.05, 0) is 0 Å². The van der Waals surface area contributed by atoms with Crippen LogP contribution in [0.15, 0.2) is 12.1 Å². The lowest BCUT2D eigenvalue weighted by molar-refractivity contribution is -0.384. The Hall–Kier alpha value is -2.51. The molecule has 1 unspecified atom stereocenters. The molecule has 8 heteroatoms. The fraction of sp³-hybridized carbons (Fsp3) is 0.462. The number of hydrogen-bond acceptors (Lipinski definition) is 6. The number of nitrogens with zero attached hydrogens (tertiary/aromatic N) is 2. The zero-order valence-electron chi connectivity index (χ0n) is 11.7. The van der Waals surface area contributed by atoms with Gasteiger partial charge in [-0.3, -0.25) is 14.9 Å². The lowest BCUT2D eigenvalue weighted by Crippen LogP contribution is -2.29. The first-order valence-electron chi connectivity index (χ1n) is 6.42. The summed E-state index contributed by atoms with van der Waals surface area (Å²) in [5.74, 6) is -0.849. The Bertz CT molecular complexity index is 574. The molecule has 1 aliphatic rings. The smallest absolute Gasteiger partial charge is 0.308 e. The Kier molecular flexibility index (Phi) is 4.15. The lowest BCUT2D eigenvalue weighted by Gasteiger charge is -2.24. The Balaban J connectivity index is 2.36. The molecule has 1 N–H and O–H groups in total. The number of benzene rings is 1. The largest absolute Gasteiger partial charge is 0.486 e. The number of carbonyl (C=O) groups is 1. The van der Waals surface area contributed by atoms with Gasteiger partial charge in [-0.2, -0.15) is 0 Å². The van der Waals surface area contributed by atoms with Gasteiger partial charge >= 0.3 is 5.97 Å². The van der Waals surface area contributed by atoms with E-state index < -0.39 is 16.8 Å². The molecule has 0 aromatic heterocycles. The molecule has 21 heavy (non-hydrogen) atoms. The number of carboxylic acid groups (broad SMARTS) is 1. The number of anilines is 1. The molecule has 8 nitrogen and oxygen atoms in total. The molecule has 2 rings (SSSR count). The predicted octanol–water partition coefficient (Wildman–Crippen LogP) is 1.52. The molecular formula is C13H16N2O6. The first-order chi connectivity index (χ1) is 9.90. The van der Waals surface area contributed by atoms with Crippen LogP contribution < -0.4 is 14.4 Å². The summed E-state index contributed by atoms with van der Waals surface area (Å²) in [6.45, 7) is 2.41. The van der Waals surface area contributed by atoms with Crippen LogP contribution in [0.3, 0.4) is 0 Å². The van der Waals surface area contributed by atoms with Crippen LogP contribution in [0.4, 0.5) is 11.4 Å². The van der Waals surface area contributed by atoms with Gasteiger partial charge in [-0.25, -0.2) is 0 Å². The van der Waals surface area contributed by atoms with E-state index in [2.05, 4.69) is 0 Å². The van der Waals surface area contributed by atoms with Crippen LogP contribution in [0.25, 0.3) is 0 Å². The number of nitro groups is 1. The highest BCUT2D eigenvalue weighted by Gasteiger charge is 2.26. The third kappa shape index (κ3) is 3.15. The molecule has 1 heterocycles. The van der Waals surface area contributed by atoms with Crippen LogP contribution in [-0.4, -0.2) is 42.8 Å². The molecule has 1 atom stereocenters. The van der Waals surface area contributed by atoms with Crippen molar-refractivity contribution in [1.29, 1.82) is 0 Å². The predicted molar refractivity (Wildman–Crippen MR) is 74.2 cm³/mol. The van der Waals surface area contributed by atoms with E-state index in [1.807, 2.05) is 0 Å². The van der Waals surface area contributed by atoms with Crippen molar-refractivity contribution in [2.45, 2.75) is 6.92 Å². The summed E-state index contributed by atoms with van der Waals surface area (Å²) >= 11 is 0. The Morgan fingerprint density at radius 1 is 1.43 bits per heavy atom. The summed E-state index contributed by atoms with van der Waals surface area (Å²) in [7, 11) is 1.61. The molecule has 1 aromatic rings. The van der Waals surface area contributed by atoms with E-state index in [1.54, 1.807) is 14.0 Å². The highest BCUT2D eigenvalue weighted by atomic mass is 16.6. The number of nitro benzene ring substituents is 1. The summed E-state index contributed by atoms with van der Waals surface area (Å²) in [6.07, 6.45) is 0. The highest BCUT2D eigenvalue weighted by molar-refractivity contribution is 5.73. The van der Waals surface area contributed by atoms with Gasteiger partial charge in [0.05, 0.1) is 16.9 Å².